The molecule has 0 aliphatic heterocycles. The Labute approximate surface area is 165 Å². The molecular formula is C19H14N4O5S. The Morgan fingerprint density at radius 1 is 0.966 bits per heavy atom. The Bertz CT molecular complexity index is 1260. The highest BCUT2D eigenvalue weighted by Gasteiger charge is 2.15. The number of nitrogens with two attached hydrogens (primary N) is 1. The number of hydrogen-bond donors (Lipinski definition) is 2. The molecule has 0 fully saturated rings. The molecule has 10 heteroatoms. The van der Waals surface area contributed by atoms with E-state index in [-0.39, 0.29) is 16.8 Å². The van der Waals surface area contributed by atoms with Crippen LogP contribution in [0.1, 0.15) is 10.4 Å². The number of furan rings is 1. The minimum absolute atomic E-state index is 0.0129. The van der Waals surface area contributed by atoms with E-state index in [0.29, 0.717) is 11.3 Å². The van der Waals surface area contributed by atoms with Crippen LogP contribution in [0.2, 0.25) is 0 Å². The molecule has 146 valence electrons. The second kappa shape index (κ2) is 7.34. The predicted octanol–water partition coefficient (Wildman–Crippen LogP) is 2.90. The monoisotopic (exact) mass is 410 g/mol. The number of anilines is 1. The van der Waals surface area contributed by atoms with Crippen molar-refractivity contribution < 1.29 is 22.0 Å². The molecule has 0 unspecified atom stereocenters. The number of primary sulfonamides is 1. The summed E-state index contributed by atoms with van der Waals surface area (Å²) in [6, 6.07) is 16.1. The molecule has 4 rings (SSSR count). The number of hydrogen-bond acceptors (Lipinski definition) is 7. The molecule has 0 atom stereocenters. The van der Waals surface area contributed by atoms with Gasteiger partial charge in [0, 0.05) is 5.56 Å². The van der Waals surface area contributed by atoms with Gasteiger partial charge in [0.2, 0.25) is 10.0 Å². The van der Waals surface area contributed by atoms with Gasteiger partial charge in [-0.1, -0.05) is 29.4 Å². The number of rotatable bonds is 5. The lowest BCUT2D eigenvalue weighted by Gasteiger charge is -2.06. The lowest BCUT2D eigenvalue weighted by Crippen LogP contribution is -2.12. The van der Waals surface area contributed by atoms with Crippen molar-refractivity contribution in [3.63, 3.8) is 0 Å². The number of carbonyl (C=O) groups is 1. The third kappa shape index (κ3) is 4.08. The summed E-state index contributed by atoms with van der Waals surface area (Å²) in [5, 5.41) is 15.2. The zero-order valence-corrected chi connectivity index (χ0v) is 15.6. The second-order valence-corrected chi connectivity index (χ2v) is 7.56. The summed E-state index contributed by atoms with van der Waals surface area (Å²) in [6.07, 6.45) is 1.47. The number of nitrogens with one attached hydrogen (secondary N) is 1. The summed E-state index contributed by atoms with van der Waals surface area (Å²) in [4.78, 5) is 12.5. The fourth-order valence-electron chi connectivity index (χ4n) is 2.62. The average molecular weight is 410 g/mol. The standard InChI is InChI=1S/C19H14N4O5S/c20-29(25,26)15-8-6-12(7-9-15)13-3-1-4-14(11-13)17(24)21-19-23-22-18(28-19)16-5-2-10-27-16/h1-11H,(H2,20,25,26)(H,21,23,24). The smallest absolute Gasteiger partial charge is 0.322 e. The number of benzene rings is 2. The number of carbonyl (C=O) groups excluding carboxylic acids is 1. The number of aromatic nitrogens is 2. The van der Waals surface area contributed by atoms with E-state index in [9.17, 15) is 13.2 Å². The highest BCUT2D eigenvalue weighted by atomic mass is 32.2. The molecule has 0 spiro atoms. The van der Waals surface area contributed by atoms with Crippen molar-refractivity contribution in [2.24, 2.45) is 5.14 Å². The maximum atomic E-state index is 12.5. The number of nitrogens with zero attached hydrogens (tertiary/aromatic N) is 2. The zero-order chi connectivity index (χ0) is 20.4. The van der Waals surface area contributed by atoms with Crippen LogP contribution in [-0.2, 0) is 10.0 Å². The van der Waals surface area contributed by atoms with Gasteiger partial charge in [-0.3, -0.25) is 10.1 Å². The molecule has 2 aromatic heterocycles. The van der Waals surface area contributed by atoms with Gasteiger partial charge in [-0.15, -0.1) is 5.10 Å². The van der Waals surface area contributed by atoms with E-state index in [0.717, 1.165) is 11.1 Å². The predicted molar refractivity (Wildman–Crippen MR) is 103 cm³/mol. The zero-order valence-electron chi connectivity index (χ0n) is 14.8. The maximum absolute atomic E-state index is 12.5. The molecule has 2 aromatic carbocycles. The van der Waals surface area contributed by atoms with E-state index >= 15 is 0 Å². The fraction of sp³-hybridized carbons (Fsp3) is 0. The number of sulfonamides is 1. The van der Waals surface area contributed by atoms with Crippen LogP contribution < -0.4 is 10.5 Å². The molecule has 1 amide bonds. The highest BCUT2D eigenvalue weighted by Crippen LogP contribution is 2.23. The summed E-state index contributed by atoms with van der Waals surface area (Å²) >= 11 is 0. The van der Waals surface area contributed by atoms with Gasteiger partial charge >= 0.3 is 6.01 Å². The van der Waals surface area contributed by atoms with Gasteiger partial charge in [-0.05, 0) is 47.5 Å². The van der Waals surface area contributed by atoms with E-state index in [1.54, 1.807) is 48.5 Å². The molecule has 9 nitrogen and oxygen atoms in total. The van der Waals surface area contributed by atoms with E-state index in [1.165, 1.54) is 18.4 Å². The third-order valence-corrected chi connectivity index (χ3v) is 4.95. The topological polar surface area (TPSA) is 141 Å². The first-order valence-electron chi connectivity index (χ1n) is 8.32. The first kappa shape index (κ1) is 18.6. The van der Waals surface area contributed by atoms with Crippen molar-refractivity contribution >= 4 is 21.9 Å². The molecule has 0 saturated heterocycles. The fourth-order valence-corrected chi connectivity index (χ4v) is 3.14. The minimum Gasteiger partial charge on any atom is -0.459 e. The van der Waals surface area contributed by atoms with Crippen LogP contribution >= 0.6 is 0 Å². The lowest BCUT2D eigenvalue weighted by molar-refractivity contribution is 0.102. The normalized spacial score (nSPS) is 11.3. The van der Waals surface area contributed by atoms with Crippen molar-refractivity contribution in [3.8, 4) is 22.8 Å². The van der Waals surface area contributed by atoms with Crippen LogP contribution in [0.5, 0.6) is 0 Å². The average Bonchev–Trinajstić information content (AvgIpc) is 3.39. The number of amides is 1. The van der Waals surface area contributed by atoms with Gasteiger partial charge in [-0.25, -0.2) is 13.6 Å². The van der Waals surface area contributed by atoms with Crippen LogP contribution in [0.4, 0.5) is 6.01 Å². The van der Waals surface area contributed by atoms with Crippen LogP contribution in [-0.4, -0.2) is 24.5 Å². The quantitative estimate of drug-likeness (QED) is 0.515. The van der Waals surface area contributed by atoms with Crippen LogP contribution in [0, 0.1) is 0 Å². The summed E-state index contributed by atoms with van der Waals surface area (Å²) in [5.41, 5.74) is 1.81. The van der Waals surface area contributed by atoms with Gasteiger partial charge in [-0.2, -0.15) is 0 Å². The van der Waals surface area contributed by atoms with Gasteiger partial charge in [0.15, 0.2) is 5.76 Å². The van der Waals surface area contributed by atoms with Gasteiger partial charge in [0.1, 0.15) is 0 Å². The Balaban J connectivity index is 1.53. The molecule has 3 N–H and O–H groups in total. The largest absolute Gasteiger partial charge is 0.459 e. The Kier molecular flexibility index (Phi) is 4.71. The first-order valence-corrected chi connectivity index (χ1v) is 9.87. The van der Waals surface area contributed by atoms with Gasteiger partial charge in [0.05, 0.1) is 11.2 Å². The molecule has 4 aromatic rings. The highest BCUT2D eigenvalue weighted by molar-refractivity contribution is 7.89. The Morgan fingerprint density at radius 3 is 2.45 bits per heavy atom. The van der Waals surface area contributed by atoms with Crippen LogP contribution in [0.3, 0.4) is 0 Å². The first-order chi connectivity index (χ1) is 13.9. The molecule has 0 aliphatic carbocycles. The molecular weight excluding hydrogens is 396 g/mol. The molecule has 0 aliphatic rings. The molecule has 2 heterocycles. The maximum Gasteiger partial charge on any atom is 0.322 e. The lowest BCUT2D eigenvalue weighted by atomic mass is 10.0. The SMILES string of the molecule is NS(=O)(=O)c1ccc(-c2cccc(C(=O)Nc3nnc(-c4ccco4)o3)c2)cc1. The van der Waals surface area contributed by atoms with Crippen LogP contribution in [0.15, 0.2) is 80.7 Å². The molecule has 29 heavy (non-hydrogen) atoms. The van der Waals surface area contributed by atoms with Crippen molar-refractivity contribution in [2.45, 2.75) is 4.90 Å². The minimum atomic E-state index is -3.77. The third-order valence-electron chi connectivity index (χ3n) is 4.02. The molecule has 0 radical (unpaired) electrons. The van der Waals surface area contributed by atoms with Crippen molar-refractivity contribution in [3.05, 3.63) is 72.5 Å². The van der Waals surface area contributed by atoms with Gasteiger partial charge in [0.25, 0.3) is 11.8 Å². The summed E-state index contributed by atoms with van der Waals surface area (Å²) in [7, 11) is -3.77. The van der Waals surface area contributed by atoms with E-state index in [1.807, 2.05) is 0 Å². The van der Waals surface area contributed by atoms with E-state index in [2.05, 4.69) is 15.5 Å². The van der Waals surface area contributed by atoms with Crippen LogP contribution in [0.25, 0.3) is 22.8 Å². The van der Waals surface area contributed by atoms with Crippen molar-refractivity contribution in [2.75, 3.05) is 5.32 Å². The van der Waals surface area contributed by atoms with E-state index in [4.69, 9.17) is 14.0 Å². The summed E-state index contributed by atoms with van der Waals surface area (Å²) in [5.74, 6) is 0.0968. The van der Waals surface area contributed by atoms with Crippen molar-refractivity contribution in [1.29, 1.82) is 0 Å². The Morgan fingerprint density at radius 2 is 1.76 bits per heavy atom. The summed E-state index contributed by atoms with van der Waals surface area (Å²) in [6.45, 7) is 0. The Hall–Kier alpha value is -3.76. The van der Waals surface area contributed by atoms with Gasteiger partial charge < -0.3 is 8.83 Å². The van der Waals surface area contributed by atoms with E-state index < -0.39 is 15.9 Å². The second-order valence-electron chi connectivity index (χ2n) is 5.99. The van der Waals surface area contributed by atoms with Crippen molar-refractivity contribution in [1.82, 2.24) is 10.2 Å². The summed E-state index contributed by atoms with van der Waals surface area (Å²) < 4.78 is 33.3. The molecule has 0 bridgehead atoms. The molecule has 0 saturated carbocycles.